The van der Waals surface area contributed by atoms with Crippen molar-refractivity contribution in [3.05, 3.63) is 98.6 Å². The van der Waals surface area contributed by atoms with Gasteiger partial charge in [0.1, 0.15) is 5.75 Å². The third-order valence-corrected chi connectivity index (χ3v) is 6.54. The smallest absolute Gasteiger partial charge is 0.341 e. The summed E-state index contributed by atoms with van der Waals surface area (Å²) < 4.78 is 6.26. The molecule has 0 aliphatic rings. The lowest BCUT2D eigenvalue weighted by Crippen LogP contribution is -2.09. The van der Waals surface area contributed by atoms with Crippen molar-refractivity contribution in [2.75, 3.05) is 12.4 Å². The van der Waals surface area contributed by atoms with E-state index in [1.165, 1.54) is 0 Å². The Morgan fingerprint density at radius 2 is 1.72 bits per heavy atom. The van der Waals surface area contributed by atoms with E-state index in [1.54, 1.807) is 17.8 Å². The second kappa shape index (κ2) is 10.7. The minimum Gasteiger partial charge on any atom is -0.482 e. The summed E-state index contributed by atoms with van der Waals surface area (Å²) in [7, 11) is 0. The van der Waals surface area contributed by atoms with Crippen LogP contribution in [0.5, 0.6) is 5.75 Å². The van der Waals surface area contributed by atoms with Gasteiger partial charge in [-0.05, 0) is 69.6 Å². The molecular formula is C23H18ClIO3S. The fourth-order valence-corrected chi connectivity index (χ4v) is 4.57. The topological polar surface area (TPSA) is 46.5 Å². The molecule has 3 rings (SSSR count). The van der Waals surface area contributed by atoms with Gasteiger partial charge in [-0.3, -0.25) is 0 Å². The maximum atomic E-state index is 10.6. The molecule has 0 heterocycles. The number of halogens is 2. The molecular weight excluding hydrogens is 519 g/mol. The zero-order chi connectivity index (χ0) is 20.6. The third kappa shape index (κ3) is 6.52. The third-order valence-electron chi connectivity index (χ3n) is 4.03. The summed E-state index contributed by atoms with van der Waals surface area (Å²) in [5, 5.41) is 9.44. The van der Waals surface area contributed by atoms with Gasteiger partial charge < -0.3 is 9.84 Å². The quantitative estimate of drug-likeness (QED) is 0.259. The summed E-state index contributed by atoms with van der Waals surface area (Å²) in [5.74, 6) is 0.361. The molecule has 0 aromatic heterocycles. The van der Waals surface area contributed by atoms with Gasteiger partial charge in [-0.25, -0.2) is 4.79 Å². The van der Waals surface area contributed by atoms with E-state index in [-0.39, 0.29) is 6.61 Å². The number of carboxylic acids is 1. The zero-order valence-corrected chi connectivity index (χ0v) is 19.1. The average Bonchev–Trinajstić information content (AvgIpc) is 2.72. The van der Waals surface area contributed by atoms with Gasteiger partial charge in [-0.1, -0.05) is 60.1 Å². The number of hydrogen-bond acceptors (Lipinski definition) is 3. The van der Waals surface area contributed by atoms with Crippen molar-refractivity contribution in [3.63, 3.8) is 0 Å². The number of ether oxygens (including phenoxy) is 1. The van der Waals surface area contributed by atoms with Crippen molar-refractivity contribution in [2.24, 2.45) is 0 Å². The number of thioether (sulfide) groups is 1. The normalized spacial score (nSPS) is 11.3. The first-order chi connectivity index (χ1) is 14.0. The molecule has 0 aliphatic carbocycles. The minimum atomic E-state index is -0.987. The van der Waals surface area contributed by atoms with E-state index in [0.29, 0.717) is 5.75 Å². The molecule has 0 unspecified atom stereocenters. The van der Waals surface area contributed by atoms with E-state index in [2.05, 4.69) is 40.8 Å². The second-order valence-corrected chi connectivity index (χ2v) is 8.74. The predicted molar refractivity (Wildman–Crippen MR) is 128 cm³/mol. The number of carbonyl (C=O) groups is 1. The first-order valence-corrected chi connectivity index (χ1v) is 11.3. The SMILES string of the molecule is O=C(O)COc1ccc(SCC=C(c2ccccc2)c2ccc(Cl)cc2)c(I)c1. The lowest BCUT2D eigenvalue weighted by atomic mass is 9.98. The number of carboxylic acid groups (broad SMARTS) is 1. The van der Waals surface area contributed by atoms with Crippen LogP contribution in [0.1, 0.15) is 11.1 Å². The Kier molecular flexibility index (Phi) is 8.03. The van der Waals surface area contributed by atoms with E-state index >= 15 is 0 Å². The van der Waals surface area contributed by atoms with Crippen LogP contribution in [-0.2, 0) is 4.79 Å². The van der Waals surface area contributed by atoms with Crippen LogP contribution in [0.4, 0.5) is 0 Å². The van der Waals surface area contributed by atoms with Crippen LogP contribution in [0.3, 0.4) is 0 Å². The molecule has 0 saturated carbocycles. The van der Waals surface area contributed by atoms with Gasteiger partial charge in [-0.2, -0.15) is 0 Å². The molecule has 1 N–H and O–H groups in total. The Bertz CT molecular complexity index is 1000. The van der Waals surface area contributed by atoms with Crippen LogP contribution in [-0.4, -0.2) is 23.4 Å². The zero-order valence-electron chi connectivity index (χ0n) is 15.3. The summed E-state index contributed by atoms with van der Waals surface area (Å²) in [5.41, 5.74) is 3.43. The monoisotopic (exact) mass is 536 g/mol. The highest BCUT2D eigenvalue weighted by atomic mass is 127. The largest absolute Gasteiger partial charge is 0.482 e. The Morgan fingerprint density at radius 1 is 1.03 bits per heavy atom. The van der Waals surface area contributed by atoms with Gasteiger partial charge in [0.15, 0.2) is 6.61 Å². The molecule has 0 bridgehead atoms. The standard InChI is InChI=1S/C23H18ClIO3S/c24-18-8-6-17(7-9-18)20(16-4-2-1-3-5-16)12-13-29-22-11-10-19(14-21(22)25)28-15-23(26)27/h1-12,14H,13,15H2,(H,26,27). The average molecular weight is 537 g/mol. The highest BCUT2D eigenvalue weighted by molar-refractivity contribution is 14.1. The van der Waals surface area contributed by atoms with Crippen molar-refractivity contribution in [1.82, 2.24) is 0 Å². The van der Waals surface area contributed by atoms with Gasteiger partial charge in [0, 0.05) is 19.2 Å². The van der Waals surface area contributed by atoms with E-state index in [0.717, 1.165) is 35.9 Å². The molecule has 0 amide bonds. The van der Waals surface area contributed by atoms with E-state index in [1.807, 2.05) is 54.6 Å². The Hall–Kier alpha value is -1.96. The summed E-state index contributed by atoms with van der Waals surface area (Å²) >= 11 is 10.0. The molecule has 3 aromatic rings. The Balaban J connectivity index is 1.76. The van der Waals surface area contributed by atoms with E-state index in [4.69, 9.17) is 21.4 Å². The van der Waals surface area contributed by atoms with Crippen molar-refractivity contribution < 1.29 is 14.6 Å². The van der Waals surface area contributed by atoms with Crippen LogP contribution in [0.25, 0.3) is 5.57 Å². The molecule has 148 valence electrons. The van der Waals surface area contributed by atoms with Crippen molar-refractivity contribution >= 4 is 57.5 Å². The number of aliphatic carboxylic acids is 1. The molecule has 0 fully saturated rings. The lowest BCUT2D eigenvalue weighted by Gasteiger charge is -2.10. The molecule has 29 heavy (non-hydrogen) atoms. The van der Waals surface area contributed by atoms with Crippen molar-refractivity contribution in [1.29, 1.82) is 0 Å². The molecule has 6 heteroatoms. The maximum absolute atomic E-state index is 10.6. The molecule has 0 aliphatic heterocycles. The number of rotatable bonds is 8. The first kappa shape index (κ1) is 21.7. The first-order valence-electron chi connectivity index (χ1n) is 8.81. The Labute approximate surface area is 192 Å². The van der Waals surface area contributed by atoms with Crippen molar-refractivity contribution in [2.45, 2.75) is 4.90 Å². The minimum absolute atomic E-state index is 0.340. The van der Waals surface area contributed by atoms with Gasteiger partial charge in [-0.15, -0.1) is 11.8 Å². The molecule has 3 nitrogen and oxygen atoms in total. The van der Waals surface area contributed by atoms with Crippen LogP contribution >= 0.6 is 46.0 Å². The molecule has 3 aromatic carbocycles. The van der Waals surface area contributed by atoms with Gasteiger partial charge in [0.2, 0.25) is 0 Å². The van der Waals surface area contributed by atoms with Crippen LogP contribution in [0.2, 0.25) is 5.02 Å². The second-order valence-electron chi connectivity index (χ2n) is 6.08. The molecule has 0 saturated heterocycles. The summed E-state index contributed by atoms with van der Waals surface area (Å²) in [6.07, 6.45) is 2.22. The molecule has 0 atom stereocenters. The Morgan fingerprint density at radius 3 is 2.38 bits per heavy atom. The van der Waals surface area contributed by atoms with E-state index in [9.17, 15) is 4.79 Å². The lowest BCUT2D eigenvalue weighted by molar-refractivity contribution is -0.139. The highest BCUT2D eigenvalue weighted by Crippen LogP contribution is 2.30. The molecule has 0 radical (unpaired) electrons. The molecule has 0 spiro atoms. The van der Waals surface area contributed by atoms with Crippen LogP contribution in [0, 0.1) is 3.57 Å². The number of benzene rings is 3. The highest BCUT2D eigenvalue weighted by Gasteiger charge is 2.07. The fraction of sp³-hybridized carbons (Fsp3) is 0.0870. The number of hydrogen-bond donors (Lipinski definition) is 1. The summed E-state index contributed by atoms with van der Waals surface area (Å²) in [6, 6.07) is 23.8. The van der Waals surface area contributed by atoms with Gasteiger partial charge in [0.05, 0.1) is 0 Å². The van der Waals surface area contributed by atoms with Crippen LogP contribution < -0.4 is 4.74 Å². The fourth-order valence-electron chi connectivity index (χ4n) is 2.70. The van der Waals surface area contributed by atoms with Gasteiger partial charge >= 0.3 is 5.97 Å². The van der Waals surface area contributed by atoms with E-state index < -0.39 is 5.97 Å². The predicted octanol–water partition coefficient (Wildman–Crippen LogP) is 6.63. The maximum Gasteiger partial charge on any atom is 0.341 e. The van der Waals surface area contributed by atoms with Crippen molar-refractivity contribution in [3.8, 4) is 5.75 Å². The van der Waals surface area contributed by atoms with Gasteiger partial charge in [0.25, 0.3) is 0 Å². The summed E-state index contributed by atoms with van der Waals surface area (Å²) in [6.45, 7) is -0.340. The van der Waals surface area contributed by atoms with Crippen LogP contribution in [0.15, 0.2) is 83.8 Å². The summed E-state index contributed by atoms with van der Waals surface area (Å²) in [4.78, 5) is 11.8.